The summed E-state index contributed by atoms with van der Waals surface area (Å²) in [6, 6.07) is 2.15. The van der Waals surface area contributed by atoms with Crippen molar-refractivity contribution in [3.63, 3.8) is 0 Å². The van der Waals surface area contributed by atoms with E-state index in [1.54, 1.807) is 6.33 Å². The predicted octanol–water partition coefficient (Wildman–Crippen LogP) is 3.61. The Morgan fingerprint density at radius 3 is 2.72 bits per heavy atom. The average Bonchev–Trinajstić information content (AvgIpc) is 2.40. The van der Waals surface area contributed by atoms with Crippen molar-refractivity contribution < 1.29 is 0 Å². The molecule has 0 spiro atoms. The fourth-order valence-corrected chi connectivity index (χ4v) is 3.21. The maximum atomic E-state index is 4.41. The molecule has 0 atom stereocenters. The monoisotopic (exact) mass is 265 g/mol. The highest BCUT2D eigenvalue weighted by molar-refractivity contribution is 7.99. The zero-order chi connectivity index (χ0) is 12.8. The van der Waals surface area contributed by atoms with Gasteiger partial charge in [-0.15, -0.1) is 11.8 Å². The lowest BCUT2D eigenvalue weighted by Crippen LogP contribution is -2.30. The lowest BCUT2D eigenvalue weighted by atomic mass is 10.1. The van der Waals surface area contributed by atoms with E-state index in [1.807, 2.05) is 11.8 Å². The van der Waals surface area contributed by atoms with Gasteiger partial charge in [-0.25, -0.2) is 9.97 Å². The largest absolute Gasteiger partial charge is 0.356 e. The molecule has 1 aliphatic heterocycles. The Labute approximate surface area is 114 Å². The molecule has 0 aliphatic carbocycles. The number of anilines is 1. The summed E-state index contributed by atoms with van der Waals surface area (Å²) < 4.78 is 0. The highest BCUT2D eigenvalue weighted by atomic mass is 32.2. The standard InChI is InChI=1S/C14H23N3S/c1-12(2)6-9-18-14-10-13(15-11-16-14)17-7-4-3-5-8-17/h10-12H,3-9H2,1-2H3. The van der Waals surface area contributed by atoms with Crippen LogP contribution in [0.2, 0.25) is 0 Å². The van der Waals surface area contributed by atoms with Crippen LogP contribution < -0.4 is 4.90 Å². The van der Waals surface area contributed by atoms with Crippen LogP contribution in [0.4, 0.5) is 5.82 Å². The van der Waals surface area contributed by atoms with E-state index in [9.17, 15) is 0 Å². The summed E-state index contributed by atoms with van der Waals surface area (Å²) in [7, 11) is 0. The predicted molar refractivity (Wildman–Crippen MR) is 78.3 cm³/mol. The molecule has 0 N–H and O–H groups in total. The first-order chi connectivity index (χ1) is 8.75. The molecule has 3 nitrogen and oxygen atoms in total. The molecule has 2 rings (SSSR count). The zero-order valence-electron chi connectivity index (χ0n) is 11.4. The molecule has 0 saturated carbocycles. The second-order valence-corrected chi connectivity index (χ2v) is 6.41. The number of thioether (sulfide) groups is 1. The van der Waals surface area contributed by atoms with E-state index in [-0.39, 0.29) is 0 Å². The van der Waals surface area contributed by atoms with Crippen molar-refractivity contribution in [2.45, 2.75) is 44.6 Å². The summed E-state index contributed by atoms with van der Waals surface area (Å²) in [6.45, 7) is 6.82. The molecule has 1 fully saturated rings. The van der Waals surface area contributed by atoms with Crippen molar-refractivity contribution >= 4 is 17.6 Å². The minimum Gasteiger partial charge on any atom is -0.356 e. The number of aromatic nitrogens is 2. The molecule has 1 aliphatic rings. The highest BCUT2D eigenvalue weighted by Crippen LogP contribution is 2.23. The van der Waals surface area contributed by atoms with Gasteiger partial charge >= 0.3 is 0 Å². The van der Waals surface area contributed by atoms with Crippen LogP contribution in [0.5, 0.6) is 0 Å². The van der Waals surface area contributed by atoms with Gasteiger partial charge in [0.15, 0.2) is 0 Å². The highest BCUT2D eigenvalue weighted by Gasteiger charge is 2.12. The number of piperidine rings is 1. The van der Waals surface area contributed by atoms with E-state index in [2.05, 4.69) is 34.8 Å². The summed E-state index contributed by atoms with van der Waals surface area (Å²) in [5, 5.41) is 1.12. The van der Waals surface area contributed by atoms with Gasteiger partial charge in [0, 0.05) is 19.2 Å². The van der Waals surface area contributed by atoms with Crippen LogP contribution in [0.1, 0.15) is 39.5 Å². The van der Waals surface area contributed by atoms with Gasteiger partial charge in [0.05, 0.1) is 0 Å². The van der Waals surface area contributed by atoms with Crippen molar-refractivity contribution in [3.05, 3.63) is 12.4 Å². The van der Waals surface area contributed by atoms with Crippen LogP contribution >= 0.6 is 11.8 Å². The molecule has 0 aromatic carbocycles. The first-order valence-corrected chi connectivity index (χ1v) is 7.94. The lowest BCUT2D eigenvalue weighted by Gasteiger charge is -2.27. The summed E-state index contributed by atoms with van der Waals surface area (Å²) in [6.07, 6.45) is 6.90. The fourth-order valence-electron chi connectivity index (χ4n) is 2.10. The SMILES string of the molecule is CC(C)CCSc1cc(N2CCCCC2)ncn1. The van der Waals surface area contributed by atoms with Crippen molar-refractivity contribution in [2.24, 2.45) is 5.92 Å². The third kappa shape index (κ3) is 4.16. The van der Waals surface area contributed by atoms with Gasteiger partial charge in [-0.2, -0.15) is 0 Å². The molecule has 0 radical (unpaired) electrons. The van der Waals surface area contributed by atoms with Gasteiger partial charge in [-0.05, 0) is 37.4 Å². The number of nitrogens with zero attached hydrogens (tertiary/aromatic N) is 3. The molecule has 0 bridgehead atoms. The molecular formula is C14H23N3S. The summed E-state index contributed by atoms with van der Waals surface area (Å²) >= 11 is 1.85. The van der Waals surface area contributed by atoms with E-state index in [0.29, 0.717) is 0 Å². The molecule has 0 unspecified atom stereocenters. The summed E-state index contributed by atoms with van der Waals surface area (Å²) in [4.78, 5) is 11.2. The topological polar surface area (TPSA) is 29.0 Å². The number of hydrogen-bond acceptors (Lipinski definition) is 4. The first kappa shape index (κ1) is 13.7. The van der Waals surface area contributed by atoms with E-state index in [0.717, 1.165) is 35.6 Å². The third-order valence-corrected chi connectivity index (χ3v) is 4.21. The van der Waals surface area contributed by atoms with Crippen LogP contribution in [0.15, 0.2) is 17.4 Å². The molecule has 18 heavy (non-hydrogen) atoms. The molecule has 0 amide bonds. The minimum atomic E-state index is 0.765. The molecule has 1 aromatic heterocycles. The maximum Gasteiger partial charge on any atom is 0.133 e. The molecule has 100 valence electrons. The third-order valence-electron chi connectivity index (χ3n) is 3.25. The van der Waals surface area contributed by atoms with Crippen molar-refractivity contribution in [3.8, 4) is 0 Å². The van der Waals surface area contributed by atoms with Gasteiger partial charge in [0.2, 0.25) is 0 Å². The van der Waals surface area contributed by atoms with E-state index in [4.69, 9.17) is 0 Å². The average molecular weight is 265 g/mol. The molecule has 4 heteroatoms. The molecular weight excluding hydrogens is 242 g/mol. The van der Waals surface area contributed by atoms with Gasteiger partial charge in [0.25, 0.3) is 0 Å². The molecule has 2 heterocycles. The number of hydrogen-bond donors (Lipinski definition) is 0. The Kier molecular flexibility index (Phi) is 5.29. The van der Waals surface area contributed by atoms with Crippen molar-refractivity contribution in [2.75, 3.05) is 23.7 Å². The van der Waals surface area contributed by atoms with Crippen LogP contribution in [-0.4, -0.2) is 28.8 Å². The van der Waals surface area contributed by atoms with Crippen LogP contribution in [0.25, 0.3) is 0 Å². The Bertz CT molecular complexity index is 362. The summed E-state index contributed by atoms with van der Waals surface area (Å²) in [5.41, 5.74) is 0. The van der Waals surface area contributed by atoms with Gasteiger partial charge in [0.1, 0.15) is 17.2 Å². The normalized spacial score (nSPS) is 16.3. The second-order valence-electron chi connectivity index (χ2n) is 5.29. The number of rotatable bonds is 5. The van der Waals surface area contributed by atoms with Crippen LogP contribution in [0.3, 0.4) is 0 Å². The van der Waals surface area contributed by atoms with E-state index >= 15 is 0 Å². The lowest BCUT2D eigenvalue weighted by molar-refractivity contribution is 0.572. The maximum absolute atomic E-state index is 4.41. The Balaban J connectivity index is 1.91. The minimum absolute atomic E-state index is 0.765. The van der Waals surface area contributed by atoms with Crippen LogP contribution in [0, 0.1) is 5.92 Å². The smallest absolute Gasteiger partial charge is 0.133 e. The Morgan fingerprint density at radius 1 is 1.22 bits per heavy atom. The van der Waals surface area contributed by atoms with Crippen molar-refractivity contribution in [1.29, 1.82) is 0 Å². The van der Waals surface area contributed by atoms with E-state index in [1.165, 1.54) is 25.7 Å². The van der Waals surface area contributed by atoms with Crippen LogP contribution in [-0.2, 0) is 0 Å². The van der Waals surface area contributed by atoms with Gasteiger partial charge in [-0.1, -0.05) is 13.8 Å². The molecule has 1 saturated heterocycles. The summed E-state index contributed by atoms with van der Waals surface area (Å²) in [5.74, 6) is 3.02. The molecule has 1 aromatic rings. The first-order valence-electron chi connectivity index (χ1n) is 6.95. The van der Waals surface area contributed by atoms with Crippen molar-refractivity contribution in [1.82, 2.24) is 9.97 Å². The fraction of sp³-hybridized carbons (Fsp3) is 0.714. The Morgan fingerprint density at radius 2 is 2.00 bits per heavy atom. The van der Waals surface area contributed by atoms with E-state index < -0.39 is 0 Å². The zero-order valence-corrected chi connectivity index (χ0v) is 12.2. The van der Waals surface area contributed by atoms with Gasteiger partial charge in [-0.3, -0.25) is 0 Å². The van der Waals surface area contributed by atoms with Gasteiger partial charge < -0.3 is 4.90 Å². The second kappa shape index (κ2) is 6.98. The quantitative estimate of drug-likeness (QED) is 0.601. The Hall–Kier alpha value is -0.770.